The number of para-hydroxylation sites is 1. The van der Waals surface area contributed by atoms with E-state index in [9.17, 15) is 4.79 Å². The standard InChI is InChI=1S/C23H27N5O2/c1-16-7-8-17(2)20(13-16)30-15-22(29)28-11-9-27(10-12-28)14-21-25-19-6-4-3-5-18(19)23(24)26-21/h3-8,13H,9-12,14-15H2,1-2H3,(H2,24,25,26). The number of nitrogens with two attached hydrogens (primary N) is 1. The van der Waals surface area contributed by atoms with Crippen LogP contribution in [0.3, 0.4) is 0 Å². The van der Waals surface area contributed by atoms with Crippen molar-refractivity contribution in [1.82, 2.24) is 19.8 Å². The average molecular weight is 406 g/mol. The highest BCUT2D eigenvalue weighted by Crippen LogP contribution is 2.20. The second-order valence-corrected chi connectivity index (χ2v) is 7.76. The van der Waals surface area contributed by atoms with Gasteiger partial charge in [0.1, 0.15) is 17.4 Å². The molecular weight excluding hydrogens is 378 g/mol. The van der Waals surface area contributed by atoms with Gasteiger partial charge in [0.15, 0.2) is 6.61 Å². The number of anilines is 1. The van der Waals surface area contributed by atoms with E-state index >= 15 is 0 Å². The number of hydrogen-bond acceptors (Lipinski definition) is 6. The van der Waals surface area contributed by atoms with E-state index in [-0.39, 0.29) is 12.5 Å². The summed E-state index contributed by atoms with van der Waals surface area (Å²) in [6, 6.07) is 13.8. The Balaban J connectivity index is 1.30. The summed E-state index contributed by atoms with van der Waals surface area (Å²) in [7, 11) is 0. The highest BCUT2D eigenvalue weighted by atomic mass is 16.5. The van der Waals surface area contributed by atoms with Crippen LogP contribution in [0.1, 0.15) is 17.0 Å². The van der Waals surface area contributed by atoms with E-state index in [1.165, 1.54) is 0 Å². The number of hydrogen-bond donors (Lipinski definition) is 1. The number of fused-ring (bicyclic) bond motifs is 1. The van der Waals surface area contributed by atoms with E-state index in [1.54, 1.807) is 0 Å². The Morgan fingerprint density at radius 2 is 1.83 bits per heavy atom. The first-order chi connectivity index (χ1) is 14.5. The highest BCUT2D eigenvalue weighted by Gasteiger charge is 2.22. The second kappa shape index (κ2) is 8.67. The molecule has 0 aliphatic carbocycles. The quantitative estimate of drug-likeness (QED) is 0.702. The van der Waals surface area contributed by atoms with Crippen LogP contribution in [0.4, 0.5) is 5.82 Å². The lowest BCUT2D eigenvalue weighted by atomic mass is 10.1. The van der Waals surface area contributed by atoms with Crippen LogP contribution in [0, 0.1) is 13.8 Å². The van der Waals surface area contributed by atoms with Gasteiger partial charge in [-0.25, -0.2) is 9.97 Å². The maximum absolute atomic E-state index is 12.6. The smallest absolute Gasteiger partial charge is 0.260 e. The van der Waals surface area contributed by atoms with Crippen LogP contribution in [-0.2, 0) is 11.3 Å². The monoisotopic (exact) mass is 405 g/mol. The first-order valence-corrected chi connectivity index (χ1v) is 10.2. The number of benzene rings is 2. The number of rotatable bonds is 5. The lowest BCUT2D eigenvalue weighted by Crippen LogP contribution is -2.49. The number of aromatic nitrogens is 2. The molecule has 30 heavy (non-hydrogen) atoms. The molecule has 7 heteroatoms. The molecule has 0 saturated carbocycles. The van der Waals surface area contributed by atoms with Crippen LogP contribution < -0.4 is 10.5 Å². The molecule has 1 saturated heterocycles. The first kappa shape index (κ1) is 20.1. The maximum Gasteiger partial charge on any atom is 0.260 e. The van der Waals surface area contributed by atoms with Crippen LogP contribution in [0.25, 0.3) is 10.9 Å². The molecule has 0 atom stereocenters. The van der Waals surface area contributed by atoms with Crippen molar-refractivity contribution < 1.29 is 9.53 Å². The molecule has 0 unspecified atom stereocenters. The van der Waals surface area contributed by atoms with Gasteiger partial charge in [0.2, 0.25) is 0 Å². The number of ether oxygens (including phenoxy) is 1. The zero-order chi connectivity index (χ0) is 21.1. The Labute approximate surface area is 176 Å². The normalized spacial score (nSPS) is 14.8. The summed E-state index contributed by atoms with van der Waals surface area (Å²) < 4.78 is 5.77. The molecule has 1 aromatic heterocycles. The summed E-state index contributed by atoms with van der Waals surface area (Å²) in [5.41, 5.74) is 9.10. The van der Waals surface area contributed by atoms with Gasteiger partial charge in [-0.1, -0.05) is 24.3 Å². The summed E-state index contributed by atoms with van der Waals surface area (Å²) in [6.45, 7) is 7.55. The third kappa shape index (κ3) is 4.52. The van der Waals surface area contributed by atoms with Gasteiger partial charge in [-0.2, -0.15) is 0 Å². The number of carbonyl (C=O) groups is 1. The van der Waals surface area contributed by atoms with E-state index in [1.807, 2.05) is 61.2 Å². The fourth-order valence-corrected chi connectivity index (χ4v) is 3.67. The van der Waals surface area contributed by atoms with Crippen LogP contribution >= 0.6 is 0 Å². The van der Waals surface area contributed by atoms with Crippen molar-refractivity contribution in [3.63, 3.8) is 0 Å². The molecule has 7 nitrogen and oxygen atoms in total. The summed E-state index contributed by atoms with van der Waals surface area (Å²) >= 11 is 0. The van der Waals surface area contributed by atoms with Crippen molar-refractivity contribution in [3.8, 4) is 5.75 Å². The van der Waals surface area contributed by atoms with Crippen molar-refractivity contribution in [3.05, 3.63) is 59.4 Å². The molecule has 1 aliphatic heterocycles. The Kier molecular flexibility index (Phi) is 5.81. The van der Waals surface area contributed by atoms with Gasteiger partial charge < -0.3 is 15.4 Å². The van der Waals surface area contributed by atoms with Gasteiger partial charge in [-0.15, -0.1) is 0 Å². The molecule has 1 amide bonds. The molecule has 3 aromatic rings. The summed E-state index contributed by atoms with van der Waals surface area (Å²) in [5, 5.41) is 0.875. The van der Waals surface area contributed by atoms with Crippen LogP contribution in [0.15, 0.2) is 42.5 Å². The molecule has 2 N–H and O–H groups in total. The predicted octanol–water partition coefficient (Wildman–Crippen LogP) is 2.55. The van der Waals surface area contributed by atoms with Gasteiger partial charge in [0, 0.05) is 31.6 Å². The maximum atomic E-state index is 12.6. The molecule has 1 aliphatic rings. The second-order valence-electron chi connectivity index (χ2n) is 7.76. The fraction of sp³-hybridized carbons (Fsp3) is 0.348. The van der Waals surface area contributed by atoms with Gasteiger partial charge >= 0.3 is 0 Å². The summed E-state index contributed by atoms with van der Waals surface area (Å²) in [5.74, 6) is 2.01. The lowest BCUT2D eigenvalue weighted by Gasteiger charge is -2.34. The molecule has 156 valence electrons. The largest absolute Gasteiger partial charge is 0.483 e. The number of carbonyl (C=O) groups excluding carboxylic acids is 1. The fourth-order valence-electron chi connectivity index (χ4n) is 3.67. The minimum Gasteiger partial charge on any atom is -0.483 e. The molecule has 2 aromatic carbocycles. The first-order valence-electron chi connectivity index (χ1n) is 10.2. The minimum atomic E-state index is 0.0155. The van der Waals surface area contributed by atoms with E-state index in [2.05, 4.69) is 14.9 Å². The zero-order valence-electron chi connectivity index (χ0n) is 17.5. The Hall–Kier alpha value is -3.19. The number of piperazine rings is 1. The van der Waals surface area contributed by atoms with Crippen molar-refractivity contribution in [2.45, 2.75) is 20.4 Å². The number of nitrogens with zero attached hydrogens (tertiary/aromatic N) is 4. The van der Waals surface area contributed by atoms with Crippen LogP contribution in [0.2, 0.25) is 0 Å². The average Bonchev–Trinajstić information content (AvgIpc) is 2.75. The minimum absolute atomic E-state index is 0.0155. The van der Waals surface area contributed by atoms with E-state index in [0.717, 1.165) is 40.9 Å². The van der Waals surface area contributed by atoms with Crippen molar-refractivity contribution in [2.24, 2.45) is 0 Å². The lowest BCUT2D eigenvalue weighted by molar-refractivity contribution is -0.135. The third-order valence-electron chi connectivity index (χ3n) is 5.46. The van der Waals surface area contributed by atoms with E-state index < -0.39 is 0 Å². The SMILES string of the molecule is Cc1ccc(C)c(OCC(=O)N2CCN(Cc3nc(N)c4ccccc4n3)CC2)c1. The Morgan fingerprint density at radius 1 is 1.07 bits per heavy atom. The van der Waals surface area contributed by atoms with Crippen LogP contribution in [-0.4, -0.2) is 58.5 Å². The highest BCUT2D eigenvalue weighted by molar-refractivity contribution is 5.87. The van der Waals surface area contributed by atoms with Crippen molar-refractivity contribution in [2.75, 3.05) is 38.5 Å². The number of amides is 1. The van der Waals surface area contributed by atoms with Gasteiger partial charge in [0.25, 0.3) is 5.91 Å². The molecular formula is C23H27N5O2. The Morgan fingerprint density at radius 3 is 2.63 bits per heavy atom. The van der Waals surface area contributed by atoms with Crippen molar-refractivity contribution >= 4 is 22.6 Å². The third-order valence-corrected chi connectivity index (χ3v) is 5.46. The summed E-state index contributed by atoms with van der Waals surface area (Å²) in [4.78, 5) is 25.8. The molecule has 1 fully saturated rings. The number of nitrogen functional groups attached to an aromatic ring is 1. The molecule has 0 radical (unpaired) electrons. The molecule has 0 bridgehead atoms. The van der Waals surface area contributed by atoms with E-state index in [0.29, 0.717) is 31.3 Å². The predicted molar refractivity (Wildman–Crippen MR) is 117 cm³/mol. The molecule has 2 heterocycles. The van der Waals surface area contributed by atoms with Crippen LogP contribution in [0.5, 0.6) is 5.75 Å². The van der Waals surface area contributed by atoms with Crippen molar-refractivity contribution in [1.29, 1.82) is 0 Å². The van der Waals surface area contributed by atoms with Gasteiger partial charge in [-0.3, -0.25) is 9.69 Å². The topological polar surface area (TPSA) is 84.6 Å². The number of aryl methyl sites for hydroxylation is 2. The van der Waals surface area contributed by atoms with Gasteiger partial charge in [0.05, 0.1) is 12.1 Å². The molecule has 0 spiro atoms. The zero-order valence-corrected chi connectivity index (χ0v) is 17.5. The van der Waals surface area contributed by atoms with Gasteiger partial charge in [-0.05, 0) is 43.2 Å². The summed E-state index contributed by atoms with van der Waals surface area (Å²) in [6.07, 6.45) is 0. The van der Waals surface area contributed by atoms with E-state index in [4.69, 9.17) is 10.5 Å². The Bertz CT molecular complexity index is 1060. The molecule has 4 rings (SSSR count).